The zero-order chi connectivity index (χ0) is 31.0. The Bertz CT molecular complexity index is 1190. The van der Waals surface area contributed by atoms with Crippen LogP contribution in [0.4, 0.5) is 0 Å². The molecule has 0 saturated carbocycles. The van der Waals surface area contributed by atoms with E-state index in [1.165, 1.54) is 0 Å². The topological polar surface area (TPSA) is 125 Å². The van der Waals surface area contributed by atoms with Crippen molar-refractivity contribution in [2.75, 3.05) is 25.1 Å². The van der Waals surface area contributed by atoms with Gasteiger partial charge < -0.3 is 15.5 Å². The molecule has 230 valence electrons. The number of benzene rings is 1. The third-order valence-corrected chi connectivity index (χ3v) is 9.28. The lowest BCUT2D eigenvalue weighted by Crippen LogP contribution is -2.62. The molecule has 41 heavy (non-hydrogen) atoms. The van der Waals surface area contributed by atoms with Crippen molar-refractivity contribution in [3.05, 3.63) is 47.5 Å². The number of carbonyl (C=O) groups excluding carboxylic acids is 3. The third kappa shape index (κ3) is 9.58. The lowest BCUT2D eigenvalue weighted by molar-refractivity contribution is -0.142. The maximum Gasteiger partial charge on any atom is 0.260 e. The van der Waals surface area contributed by atoms with Crippen molar-refractivity contribution in [3.8, 4) is 0 Å². The Balaban J connectivity index is 2.29. The number of thiol groups is 1. The largest absolute Gasteiger partial charge is 0.342 e. The van der Waals surface area contributed by atoms with E-state index in [0.717, 1.165) is 18.4 Å². The molecule has 0 aliphatic carbocycles. The van der Waals surface area contributed by atoms with Gasteiger partial charge in [0.25, 0.3) is 5.91 Å². The molecule has 0 spiro atoms. The van der Waals surface area contributed by atoms with Crippen LogP contribution in [-0.2, 0) is 29.8 Å². The van der Waals surface area contributed by atoms with Gasteiger partial charge in [-0.05, 0) is 56.4 Å². The van der Waals surface area contributed by atoms with Crippen LogP contribution < -0.4 is 15.4 Å². The second-order valence-electron chi connectivity index (χ2n) is 12.4. The molecule has 1 aromatic carbocycles. The molecule has 3 atom stereocenters. The molecule has 0 aromatic heterocycles. The predicted octanol–water partition coefficient (Wildman–Crippen LogP) is 3.18. The fraction of sp³-hybridized carbons (Fsp3) is 0.633. The van der Waals surface area contributed by atoms with Crippen LogP contribution >= 0.6 is 12.6 Å². The van der Waals surface area contributed by atoms with Crippen LogP contribution in [0.1, 0.15) is 72.8 Å². The van der Waals surface area contributed by atoms with E-state index in [2.05, 4.69) is 28.0 Å². The van der Waals surface area contributed by atoms with Gasteiger partial charge in [-0.2, -0.15) is 12.6 Å². The van der Waals surface area contributed by atoms with E-state index in [1.807, 2.05) is 65.0 Å². The minimum Gasteiger partial charge on any atom is -0.342 e. The number of likely N-dealkylation sites (N-methyl/N-ethyl adjacent to an activating group) is 1. The number of amides is 3. The fourth-order valence-electron chi connectivity index (χ4n) is 5.19. The van der Waals surface area contributed by atoms with Gasteiger partial charge in [0.2, 0.25) is 21.8 Å². The molecule has 11 heteroatoms. The summed E-state index contributed by atoms with van der Waals surface area (Å²) in [5.74, 6) is -1.00. The Morgan fingerprint density at radius 1 is 1.07 bits per heavy atom. The summed E-state index contributed by atoms with van der Waals surface area (Å²) < 4.78 is 26.5. The van der Waals surface area contributed by atoms with Gasteiger partial charge in [0.05, 0.1) is 17.8 Å². The lowest BCUT2D eigenvalue weighted by Gasteiger charge is -2.41. The van der Waals surface area contributed by atoms with Gasteiger partial charge >= 0.3 is 0 Å². The van der Waals surface area contributed by atoms with E-state index in [4.69, 9.17) is 0 Å². The van der Waals surface area contributed by atoms with Gasteiger partial charge in [0.1, 0.15) is 6.04 Å². The van der Waals surface area contributed by atoms with E-state index in [-0.39, 0.29) is 23.1 Å². The van der Waals surface area contributed by atoms with Crippen LogP contribution in [0.25, 0.3) is 0 Å². The number of hydrogen-bond acceptors (Lipinski definition) is 7. The number of sulfonamides is 1. The third-order valence-electron chi connectivity index (χ3n) is 7.64. The molecule has 2 rings (SSSR count). The number of likely N-dealkylation sites (tertiary alicyclic amines) is 1. The molecule has 1 heterocycles. The van der Waals surface area contributed by atoms with Gasteiger partial charge in [0, 0.05) is 17.5 Å². The summed E-state index contributed by atoms with van der Waals surface area (Å²) in [6.45, 7) is 11.8. The molecule has 1 saturated heterocycles. The number of nitrogens with zero attached hydrogens (tertiary/aromatic N) is 1. The Morgan fingerprint density at radius 3 is 2.27 bits per heavy atom. The first kappa shape index (κ1) is 34.8. The molecule has 9 nitrogen and oxygen atoms in total. The highest BCUT2D eigenvalue weighted by Gasteiger charge is 2.42. The molecule has 1 unspecified atom stereocenters. The second kappa shape index (κ2) is 14.7. The van der Waals surface area contributed by atoms with E-state index < -0.39 is 44.9 Å². The summed E-state index contributed by atoms with van der Waals surface area (Å²) in [6.07, 6.45) is 4.28. The van der Waals surface area contributed by atoms with Crippen molar-refractivity contribution in [2.45, 2.75) is 90.8 Å². The summed E-state index contributed by atoms with van der Waals surface area (Å²) in [4.78, 5) is 42.2. The lowest BCUT2D eigenvalue weighted by atomic mass is 9.76. The first-order valence-electron chi connectivity index (χ1n) is 14.2. The Labute approximate surface area is 251 Å². The van der Waals surface area contributed by atoms with Crippen LogP contribution in [0.15, 0.2) is 42.0 Å². The van der Waals surface area contributed by atoms with Crippen molar-refractivity contribution in [1.82, 2.24) is 20.3 Å². The highest BCUT2D eigenvalue weighted by atomic mass is 32.2. The molecule has 1 fully saturated rings. The zero-order valence-electron chi connectivity index (χ0n) is 25.5. The average molecular weight is 609 g/mol. The zero-order valence-corrected chi connectivity index (χ0v) is 27.2. The van der Waals surface area contributed by atoms with Gasteiger partial charge in [0.15, 0.2) is 0 Å². The van der Waals surface area contributed by atoms with Crippen molar-refractivity contribution in [2.24, 2.45) is 5.41 Å². The van der Waals surface area contributed by atoms with Gasteiger partial charge in [-0.25, -0.2) is 13.1 Å². The van der Waals surface area contributed by atoms with Crippen LogP contribution in [0.3, 0.4) is 0 Å². The van der Waals surface area contributed by atoms with Crippen molar-refractivity contribution in [1.29, 1.82) is 0 Å². The molecular weight excluding hydrogens is 560 g/mol. The minimum atomic E-state index is -3.77. The number of hydrogen-bond donors (Lipinski definition) is 4. The van der Waals surface area contributed by atoms with E-state index in [9.17, 15) is 22.8 Å². The average Bonchev–Trinajstić information content (AvgIpc) is 2.90. The number of piperidine rings is 1. The maximum atomic E-state index is 14.1. The Morgan fingerprint density at radius 2 is 1.71 bits per heavy atom. The molecule has 0 bridgehead atoms. The predicted molar refractivity (Wildman–Crippen MR) is 167 cm³/mol. The summed E-state index contributed by atoms with van der Waals surface area (Å²) in [6, 6.07) is 7.96. The number of rotatable bonds is 12. The van der Waals surface area contributed by atoms with Crippen LogP contribution in [0.5, 0.6) is 0 Å². The molecular formula is C30H48N4O5S2. The van der Waals surface area contributed by atoms with Crippen molar-refractivity contribution >= 4 is 40.4 Å². The van der Waals surface area contributed by atoms with E-state index in [0.29, 0.717) is 25.1 Å². The highest BCUT2D eigenvalue weighted by molar-refractivity contribution is 7.90. The monoisotopic (exact) mass is 608 g/mol. The van der Waals surface area contributed by atoms with E-state index in [1.54, 1.807) is 24.9 Å². The maximum absolute atomic E-state index is 14.1. The molecule has 3 N–H and O–H groups in total. The summed E-state index contributed by atoms with van der Waals surface area (Å²) >= 11 is 4.03. The molecule has 1 aliphatic heterocycles. The van der Waals surface area contributed by atoms with Crippen molar-refractivity contribution < 1.29 is 22.8 Å². The quantitative estimate of drug-likeness (QED) is 0.214. The van der Waals surface area contributed by atoms with Gasteiger partial charge in [-0.15, -0.1) is 0 Å². The number of nitrogens with one attached hydrogen (secondary N) is 3. The summed E-state index contributed by atoms with van der Waals surface area (Å²) in [7, 11) is -2.03. The standard InChI is InChI=1S/C30H48N4O5S2/c1-21(26(35)33-41(38,39)19-13-18-40)20-23-16-11-12-17-34(23)28(37)25(29(2,3)4)32-27(36)24(31-7)30(5,6)22-14-9-8-10-15-22/h8-10,14-15,20,23-25,31,40H,11-13,16-19H2,1-7H3,(H,32,36)(H,33,35)/t23?,24-,25-/m1/s1. The van der Waals surface area contributed by atoms with Crippen LogP contribution in [0.2, 0.25) is 0 Å². The van der Waals surface area contributed by atoms with E-state index >= 15 is 0 Å². The fourth-order valence-corrected chi connectivity index (χ4v) is 6.63. The Kier molecular flexibility index (Phi) is 12.5. The molecule has 3 amide bonds. The first-order chi connectivity index (χ1) is 19.0. The van der Waals surface area contributed by atoms with Crippen molar-refractivity contribution in [3.63, 3.8) is 0 Å². The van der Waals surface area contributed by atoms with Gasteiger partial charge in [-0.3, -0.25) is 14.4 Å². The summed E-state index contributed by atoms with van der Waals surface area (Å²) in [5.41, 5.74) is 0.0666. The normalized spacial score (nSPS) is 18.4. The highest BCUT2D eigenvalue weighted by Crippen LogP contribution is 2.30. The molecule has 1 aromatic rings. The smallest absolute Gasteiger partial charge is 0.260 e. The van der Waals surface area contributed by atoms with Gasteiger partial charge in [-0.1, -0.05) is 71.0 Å². The SMILES string of the molecule is CN[C@H](C(=O)N[C@H](C(=O)N1CCCCC1C=C(C)C(=O)NS(=O)(=O)CCCS)C(C)(C)C)C(C)(C)c1ccccc1. The van der Waals surface area contributed by atoms with Crippen LogP contribution in [-0.4, -0.2) is 74.3 Å². The van der Waals surface area contributed by atoms with Crippen LogP contribution in [0, 0.1) is 5.41 Å². The molecule has 1 aliphatic rings. The second-order valence-corrected chi connectivity index (χ2v) is 14.7. The minimum absolute atomic E-state index is 0.189. The summed E-state index contributed by atoms with van der Waals surface area (Å²) in [5, 5.41) is 6.20. The Hall–Kier alpha value is -2.37. The molecule has 0 radical (unpaired) electrons. The first-order valence-corrected chi connectivity index (χ1v) is 16.5. The number of carbonyl (C=O) groups is 3.